The number of aromatic hydroxyl groups is 1. The fourth-order valence-electron chi connectivity index (χ4n) is 1.73. The van der Waals surface area contributed by atoms with Gasteiger partial charge in [-0.2, -0.15) is 0 Å². The Morgan fingerprint density at radius 1 is 0.917 bits per heavy atom. The molecular formula is C15H11F3N2O4. The molecule has 0 aliphatic carbocycles. The van der Waals surface area contributed by atoms with Gasteiger partial charge in [0.25, 0.3) is 11.8 Å². The highest BCUT2D eigenvalue weighted by Crippen LogP contribution is 2.22. The molecule has 6 nitrogen and oxygen atoms in total. The highest BCUT2D eigenvalue weighted by Gasteiger charge is 2.31. The third kappa shape index (κ3) is 4.63. The van der Waals surface area contributed by atoms with Gasteiger partial charge in [0.2, 0.25) is 0 Å². The molecule has 0 spiro atoms. The van der Waals surface area contributed by atoms with Gasteiger partial charge < -0.3 is 9.84 Å². The number of carbonyl (C=O) groups excluding carboxylic acids is 2. The molecule has 0 radical (unpaired) electrons. The van der Waals surface area contributed by atoms with E-state index < -0.39 is 23.9 Å². The van der Waals surface area contributed by atoms with Crippen molar-refractivity contribution in [2.45, 2.75) is 6.36 Å². The Hall–Kier alpha value is -3.23. The molecule has 9 heteroatoms. The molecule has 2 amide bonds. The minimum atomic E-state index is -4.82. The highest BCUT2D eigenvalue weighted by atomic mass is 19.4. The van der Waals surface area contributed by atoms with Gasteiger partial charge in [-0.15, -0.1) is 13.2 Å². The van der Waals surface area contributed by atoms with Crippen molar-refractivity contribution in [3.8, 4) is 11.5 Å². The van der Waals surface area contributed by atoms with Gasteiger partial charge in [-0.25, -0.2) is 0 Å². The maximum absolute atomic E-state index is 12.0. The zero-order valence-corrected chi connectivity index (χ0v) is 11.9. The largest absolute Gasteiger partial charge is 0.573 e. The number of hydrogen-bond donors (Lipinski definition) is 3. The summed E-state index contributed by atoms with van der Waals surface area (Å²) in [7, 11) is 0. The second-order valence-corrected chi connectivity index (χ2v) is 4.50. The number of halogens is 3. The Labute approximate surface area is 133 Å². The van der Waals surface area contributed by atoms with E-state index in [-0.39, 0.29) is 16.9 Å². The van der Waals surface area contributed by atoms with Crippen LogP contribution < -0.4 is 15.6 Å². The highest BCUT2D eigenvalue weighted by molar-refractivity contribution is 6.00. The van der Waals surface area contributed by atoms with E-state index in [4.69, 9.17) is 0 Å². The van der Waals surface area contributed by atoms with E-state index in [1.54, 1.807) is 0 Å². The van der Waals surface area contributed by atoms with Crippen LogP contribution in [0, 0.1) is 0 Å². The number of benzene rings is 2. The molecule has 24 heavy (non-hydrogen) atoms. The van der Waals surface area contributed by atoms with Crippen LogP contribution in [-0.4, -0.2) is 23.3 Å². The van der Waals surface area contributed by atoms with E-state index in [0.717, 1.165) is 24.3 Å². The molecule has 2 aromatic rings. The van der Waals surface area contributed by atoms with Gasteiger partial charge in [0, 0.05) is 5.56 Å². The first-order chi connectivity index (χ1) is 11.3. The van der Waals surface area contributed by atoms with Crippen molar-refractivity contribution in [3.05, 3.63) is 59.7 Å². The minimum Gasteiger partial charge on any atom is -0.507 e. The predicted molar refractivity (Wildman–Crippen MR) is 76.2 cm³/mol. The quantitative estimate of drug-likeness (QED) is 0.749. The van der Waals surface area contributed by atoms with Crippen LogP contribution >= 0.6 is 0 Å². The molecule has 126 valence electrons. The smallest absolute Gasteiger partial charge is 0.507 e. The van der Waals surface area contributed by atoms with Crippen LogP contribution in [0.5, 0.6) is 11.5 Å². The number of nitrogens with one attached hydrogen (secondary N) is 2. The van der Waals surface area contributed by atoms with Gasteiger partial charge in [-0.3, -0.25) is 20.4 Å². The summed E-state index contributed by atoms with van der Waals surface area (Å²) in [5.74, 6) is -2.24. The number of ether oxygens (including phenoxy) is 1. The molecule has 0 aliphatic rings. The Kier molecular flexibility index (Phi) is 4.93. The molecule has 0 saturated heterocycles. The predicted octanol–water partition coefficient (Wildman–Crippen LogP) is 2.37. The van der Waals surface area contributed by atoms with Crippen molar-refractivity contribution >= 4 is 11.8 Å². The van der Waals surface area contributed by atoms with E-state index in [2.05, 4.69) is 15.6 Å². The van der Waals surface area contributed by atoms with Gasteiger partial charge in [0.15, 0.2) is 0 Å². The van der Waals surface area contributed by atoms with Crippen LogP contribution in [-0.2, 0) is 0 Å². The van der Waals surface area contributed by atoms with Crippen LogP contribution in [0.25, 0.3) is 0 Å². The lowest BCUT2D eigenvalue weighted by Gasteiger charge is -2.10. The van der Waals surface area contributed by atoms with Crippen molar-refractivity contribution in [1.82, 2.24) is 10.9 Å². The Morgan fingerprint density at radius 2 is 1.50 bits per heavy atom. The summed E-state index contributed by atoms with van der Waals surface area (Å²) in [6, 6.07) is 9.83. The van der Waals surface area contributed by atoms with Crippen LogP contribution in [0.4, 0.5) is 13.2 Å². The number of hydrazine groups is 1. The number of carbonyl (C=O) groups is 2. The average molecular weight is 340 g/mol. The number of hydrogen-bond acceptors (Lipinski definition) is 4. The maximum atomic E-state index is 12.0. The van der Waals surface area contributed by atoms with Gasteiger partial charge in [0.05, 0.1) is 5.56 Å². The lowest BCUT2D eigenvalue weighted by Crippen LogP contribution is -2.41. The lowest BCUT2D eigenvalue weighted by atomic mass is 10.2. The molecular weight excluding hydrogens is 329 g/mol. The number of phenolic OH excluding ortho intramolecular Hbond substituents is 1. The van der Waals surface area contributed by atoms with E-state index >= 15 is 0 Å². The fourth-order valence-corrected chi connectivity index (χ4v) is 1.73. The molecule has 2 rings (SSSR count). The Bertz CT molecular complexity index is 745. The van der Waals surface area contributed by atoms with E-state index in [1.807, 2.05) is 0 Å². The van der Waals surface area contributed by atoms with Crippen LogP contribution in [0.2, 0.25) is 0 Å². The van der Waals surface area contributed by atoms with Crippen LogP contribution in [0.15, 0.2) is 48.5 Å². The molecule has 0 heterocycles. The summed E-state index contributed by atoms with van der Waals surface area (Å²) in [6.45, 7) is 0. The molecule has 0 aromatic heterocycles. The average Bonchev–Trinajstić information content (AvgIpc) is 2.52. The number of alkyl halides is 3. The van der Waals surface area contributed by atoms with Gasteiger partial charge >= 0.3 is 6.36 Å². The molecule has 0 saturated carbocycles. The van der Waals surface area contributed by atoms with Gasteiger partial charge in [0.1, 0.15) is 11.5 Å². The standard InChI is InChI=1S/C15H11F3N2O4/c16-15(17,18)24-10-7-5-9(6-8-10)13(22)19-20-14(23)11-3-1-2-4-12(11)21/h1-8,21H,(H,19,22)(H,20,23). The molecule has 0 aliphatic heterocycles. The number of rotatable bonds is 3. The van der Waals surface area contributed by atoms with E-state index in [9.17, 15) is 27.9 Å². The maximum Gasteiger partial charge on any atom is 0.573 e. The summed E-state index contributed by atoms with van der Waals surface area (Å²) in [4.78, 5) is 23.6. The first kappa shape index (κ1) is 17.1. The molecule has 0 fully saturated rings. The molecule has 2 aromatic carbocycles. The third-order valence-electron chi connectivity index (χ3n) is 2.79. The second-order valence-electron chi connectivity index (χ2n) is 4.50. The van der Waals surface area contributed by atoms with Crippen molar-refractivity contribution in [2.75, 3.05) is 0 Å². The topological polar surface area (TPSA) is 87.7 Å². The summed E-state index contributed by atoms with van der Waals surface area (Å²) in [5, 5.41) is 9.51. The molecule has 0 bridgehead atoms. The van der Waals surface area contributed by atoms with Crippen molar-refractivity contribution in [3.63, 3.8) is 0 Å². The number of phenols is 1. The zero-order valence-electron chi connectivity index (χ0n) is 11.9. The molecule has 0 unspecified atom stereocenters. The number of para-hydroxylation sites is 1. The Morgan fingerprint density at radius 3 is 2.08 bits per heavy atom. The van der Waals surface area contributed by atoms with Crippen LogP contribution in [0.1, 0.15) is 20.7 Å². The molecule has 0 atom stereocenters. The SMILES string of the molecule is O=C(NNC(=O)c1ccccc1O)c1ccc(OC(F)(F)F)cc1. The van der Waals surface area contributed by atoms with E-state index in [0.29, 0.717) is 0 Å². The zero-order chi connectivity index (χ0) is 17.7. The molecule has 3 N–H and O–H groups in total. The van der Waals surface area contributed by atoms with E-state index in [1.165, 1.54) is 24.3 Å². The third-order valence-corrected chi connectivity index (χ3v) is 2.79. The summed E-state index contributed by atoms with van der Waals surface area (Å²) in [6.07, 6.45) is -4.82. The summed E-state index contributed by atoms with van der Waals surface area (Å²) < 4.78 is 39.8. The first-order valence-electron chi connectivity index (χ1n) is 6.51. The lowest BCUT2D eigenvalue weighted by molar-refractivity contribution is -0.274. The van der Waals surface area contributed by atoms with Crippen molar-refractivity contribution < 1.29 is 32.6 Å². The van der Waals surface area contributed by atoms with Crippen molar-refractivity contribution in [1.29, 1.82) is 0 Å². The minimum absolute atomic E-state index is 0.00195. The van der Waals surface area contributed by atoms with Gasteiger partial charge in [-0.1, -0.05) is 12.1 Å². The van der Waals surface area contributed by atoms with Gasteiger partial charge in [-0.05, 0) is 36.4 Å². The summed E-state index contributed by atoms with van der Waals surface area (Å²) >= 11 is 0. The number of amides is 2. The second kappa shape index (κ2) is 6.90. The fraction of sp³-hybridized carbons (Fsp3) is 0.0667. The van der Waals surface area contributed by atoms with Crippen LogP contribution in [0.3, 0.4) is 0 Å². The monoisotopic (exact) mass is 340 g/mol. The first-order valence-corrected chi connectivity index (χ1v) is 6.51. The Balaban J connectivity index is 1.95. The normalized spacial score (nSPS) is 10.8. The van der Waals surface area contributed by atoms with Crippen molar-refractivity contribution in [2.24, 2.45) is 0 Å². The summed E-state index contributed by atoms with van der Waals surface area (Å²) in [5.41, 5.74) is 4.11.